The number of pyridine rings is 1. The van der Waals surface area contributed by atoms with Gasteiger partial charge in [0.1, 0.15) is 5.82 Å². The Kier molecular flexibility index (Phi) is 5.24. The summed E-state index contributed by atoms with van der Waals surface area (Å²) in [6.07, 6.45) is 3.59. The van der Waals surface area contributed by atoms with Gasteiger partial charge in [-0.15, -0.1) is 0 Å². The minimum Gasteiger partial charge on any atom is -0.384 e. The molecule has 148 valence electrons. The lowest BCUT2D eigenvalue weighted by Crippen LogP contribution is -2.54. The van der Waals surface area contributed by atoms with E-state index in [1.165, 1.54) is 0 Å². The Bertz CT molecular complexity index is 1010. The minimum atomic E-state index is -0.122. The van der Waals surface area contributed by atoms with Gasteiger partial charge in [-0.2, -0.15) is 5.10 Å². The van der Waals surface area contributed by atoms with Crippen molar-refractivity contribution in [1.29, 1.82) is 0 Å². The molecule has 2 aromatic heterocycles. The average Bonchev–Trinajstić information content (AvgIpc) is 3.21. The second kappa shape index (κ2) is 8.14. The summed E-state index contributed by atoms with van der Waals surface area (Å²) in [5.74, 6) is 0.617. The van der Waals surface area contributed by atoms with Gasteiger partial charge >= 0.3 is 0 Å². The number of anilines is 1. The topological polar surface area (TPSA) is 117 Å². The van der Waals surface area contributed by atoms with Crippen molar-refractivity contribution in [3.05, 3.63) is 66.0 Å². The highest BCUT2D eigenvalue weighted by molar-refractivity contribution is 5.95. The number of carbonyl (C=O) groups excluding carboxylic acids is 2. The summed E-state index contributed by atoms with van der Waals surface area (Å²) in [5, 5.41) is 9.79. The third-order valence-electron chi connectivity index (χ3n) is 5.00. The number of hydrogen-bond donors (Lipinski definition) is 3. The van der Waals surface area contributed by atoms with Crippen LogP contribution in [0.1, 0.15) is 15.9 Å². The van der Waals surface area contributed by atoms with Crippen LogP contribution in [0.2, 0.25) is 0 Å². The number of benzene rings is 1. The smallest absolute Gasteiger partial charge is 0.251 e. The largest absolute Gasteiger partial charge is 0.384 e. The van der Waals surface area contributed by atoms with E-state index in [9.17, 15) is 9.59 Å². The summed E-state index contributed by atoms with van der Waals surface area (Å²) >= 11 is 0. The molecule has 8 heteroatoms. The fourth-order valence-corrected chi connectivity index (χ4v) is 3.38. The monoisotopic (exact) mass is 390 g/mol. The predicted octanol–water partition coefficient (Wildman–Crippen LogP) is 1.48. The van der Waals surface area contributed by atoms with Crippen LogP contribution in [0.3, 0.4) is 0 Å². The summed E-state index contributed by atoms with van der Waals surface area (Å²) in [6, 6.07) is 12.8. The number of nitrogens with two attached hydrogens (primary N) is 1. The maximum atomic E-state index is 12.5. The zero-order chi connectivity index (χ0) is 20.2. The van der Waals surface area contributed by atoms with Gasteiger partial charge in [-0.3, -0.25) is 14.7 Å². The van der Waals surface area contributed by atoms with Gasteiger partial charge in [0.2, 0.25) is 5.91 Å². The number of aromatic amines is 1. The fourth-order valence-electron chi connectivity index (χ4n) is 3.38. The van der Waals surface area contributed by atoms with Crippen molar-refractivity contribution < 1.29 is 9.59 Å². The molecule has 1 fully saturated rings. The lowest BCUT2D eigenvalue weighted by atomic mass is 9.98. The van der Waals surface area contributed by atoms with Crippen molar-refractivity contribution in [2.24, 2.45) is 5.92 Å². The number of nitrogen functional groups attached to an aromatic ring is 1. The van der Waals surface area contributed by atoms with Gasteiger partial charge in [-0.1, -0.05) is 12.1 Å². The second-order valence-corrected chi connectivity index (χ2v) is 7.19. The molecule has 0 unspecified atom stereocenters. The van der Waals surface area contributed by atoms with E-state index in [2.05, 4.69) is 20.5 Å². The van der Waals surface area contributed by atoms with Crippen LogP contribution in [0.25, 0.3) is 11.3 Å². The minimum absolute atomic E-state index is 0.0606. The number of H-pyrrole nitrogens is 1. The first kappa shape index (κ1) is 18.7. The Balaban J connectivity index is 1.24. The van der Waals surface area contributed by atoms with Crippen LogP contribution < -0.4 is 11.1 Å². The highest BCUT2D eigenvalue weighted by atomic mass is 16.2. The van der Waals surface area contributed by atoms with E-state index < -0.39 is 0 Å². The highest BCUT2D eigenvalue weighted by Crippen LogP contribution is 2.19. The van der Waals surface area contributed by atoms with Crippen molar-refractivity contribution in [3.8, 4) is 11.3 Å². The average molecular weight is 390 g/mol. The third kappa shape index (κ3) is 4.43. The number of amides is 2. The van der Waals surface area contributed by atoms with Crippen LogP contribution in [0.4, 0.5) is 5.82 Å². The maximum absolute atomic E-state index is 12.5. The molecule has 0 radical (unpaired) electrons. The fraction of sp³-hybridized carbons (Fsp3) is 0.238. The molecule has 1 saturated heterocycles. The van der Waals surface area contributed by atoms with E-state index in [0.717, 1.165) is 16.8 Å². The van der Waals surface area contributed by atoms with Gasteiger partial charge in [0, 0.05) is 49.1 Å². The first-order valence-electron chi connectivity index (χ1n) is 9.44. The second-order valence-electron chi connectivity index (χ2n) is 7.19. The lowest BCUT2D eigenvalue weighted by Gasteiger charge is -2.39. The molecule has 8 nitrogen and oxygen atoms in total. The molecule has 0 bridgehead atoms. The van der Waals surface area contributed by atoms with Gasteiger partial charge in [-0.05, 0) is 35.9 Å². The summed E-state index contributed by atoms with van der Waals surface area (Å²) in [5.41, 5.74) is 8.88. The number of nitrogens with zero attached hydrogens (tertiary/aromatic N) is 3. The van der Waals surface area contributed by atoms with Crippen LogP contribution >= 0.6 is 0 Å². The Labute approximate surface area is 168 Å². The molecule has 3 aromatic rings. The molecule has 0 spiro atoms. The molecule has 29 heavy (non-hydrogen) atoms. The zero-order valence-corrected chi connectivity index (χ0v) is 15.8. The van der Waals surface area contributed by atoms with Gasteiger partial charge in [0.15, 0.2) is 0 Å². The summed E-state index contributed by atoms with van der Waals surface area (Å²) in [4.78, 5) is 30.5. The number of likely N-dealkylation sites (tertiary alicyclic amines) is 1. The maximum Gasteiger partial charge on any atom is 0.251 e. The van der Waals surface area contributed by atoms with E-state index in [4.69, 9.17) is 5.73 Å². The van der Waals surface area contributed by atoms with Crippen molar-refractivity contribution in [3.63, 3.8) is 0 Å². The van der Waals surface area contributed by atoms with Gasteiger partial charge in [0.25, 0.3) is 5.91 Å². The van der Waals surface area contributed by atoms with Crippen molar-refractivity contribution in [2.75, 3.05) is 25.4 Å². The molecular weight excluding hydrogens is 368 g/mol. The molecule has 1 aliphatic heterocycles. The summed E-state index contributed by atoms with van der Waals surface area (Å²) in [6.45, 7) is 1.83. The standard InChI is InChI=1S/C21H22N6O2/c22-19-8-14(4-6-23-19)9-20(28)27-12-15(13-27)11-24-21(29)17-3-1-2-16(10-17)18-5-7-25-26-18/h1-8,10,15H,9,11-13H2,(H2,22,23)(H,24,29)(H,25,26). The van der Waals surface area contributed by atoms with Crippen LogP contribution in [-0.4, -0.2) is 51.5 Å². The Hall–Kier alpha value is -3.68. The summed E-state index contributed by atoms with van der Waals surface area (Å²) < 4.78 is 0. The predicted molar refractivity (Wildman–Crippen MR) is 109 cm³/mol. The molecule has 4 N–H and O–H groups in total. The van der Waals surface area contributed by atoms with E-state index in [1.807, 2.05) is 24.3 Å². The lowest BCUT2D eigenvalue weighted by molar-refractivity contribution is -0.136. The van der Waals surface area contributed by atoms with Crippen LogP contribution in [-0.2, 0) is 11.2 Å². The first-order valence-corrected chi connectivity index (χ1v) is 9.44. The van der Waals surface area contributed by atoms with Crippen LogP contribution in [0.15, 0.2) is 54.9 Å². The third-order valence-corrected chi connectivity index (χ3v) is 5.00. The van der Waals surface area contributed by atoms with Gasteiger partial charge in [-0.25, -0.2) is 4.98 Å². The molecule has 0 atom stereocenters. The number of aromatic nitrogens is 3. The molecular formula is C21H22N6O2. The quantitative estimate of drug-likeness (QED) is 0.589. The normalized spacial score (nSPS) is 13.7. The van der Waals surface area contributed by atoms with E-state index in [1.54, 1.807) is 35.5 Å². The van der Waals surface area contributed by atoms with Crippen molar-refractivity contribution >= 4 is 17.6 Å². The van der Waals surface area contributed by atoms with Gasteiger partial charge in [0.05, 0.1) is 12.1 Å². The van der Waals surface area contributed by atoms with Crippen molar-refractivity contribution in [1.82, 2.24) is 25.4 Å². The molecule has 4 rings (SSSR count). The first-order chi connectivity index (χ1) is 14.1. The van der Waals surface area contributed by atoms with Gasteiger partial charge < -0.3 is 16.0 Å². The number of rotatable bonds is 6. The molecule has 2 amide bonds. The van der Waals surface area contributed by atoms with Crippen LogP contribution in [0.5, 0.6) is 0 Å². The summed E-state index contributed by atoms with van der Waals surface area (Å²) in [7, 11) is 0. The molecule has 1 aliphatic rings. The number of nitrogens with one attached hydrogen (secondary N) is 2. The highest BCUT2D eigenvalue weighted by Gasteiger charge is 2.30. The molecule has 3 heterocycles. The zero-order valence-electron chi connectivity index (χ0n) is 15.8. The van der Waals surface area contributed by atoms with Crippen LogP contribution in [0, 0.1) is 5.92 Å². The van der Waals surface area contributed by atoms with E-state index in [0.29, 0.717) is 37.4 Å². The molecule has 0 saturated carbocycles. The number of carbonyl (C=O) groups is 2. The van der Waals surface area contributed by atoms with Crippen molar-refractivity contribution in [2.45, 2.75) is 6.42 Å². The Morgan fingerprint density at radius 3 is 2.79 bits per heavy atom. The SMILES string of the molecule is Nc1cc(CC(=O)N2CC(CNC(=O)c3cccc(-c4ccn[nH]4)c3)C2)ccn1. The Morgan fingerprint density at radius 2 is 2.03 bits per heavy atom. The Morgan fingerprint density at radius 1 is 1.17 bits per heavy atom. The van der Waals surface area contributed by atoms with E-state index in [-0.39, 0.29) is 17.7 Å². The molecule has 0 aliphatic carbocycles. The van der Waals surface area contributed by atoms with E-state index >= 15 is 0 Å². The number of hydrogen-bond acceptors (Lipinski definition) is 5. The molecule has 1 aromatic carbocycles.